The Morgan fingerprint density at radius 3 is 2.15 bits per heavy atom. The third-order valence-corrected chi connectivity index (χ3v) is 2.57. The van der Waals surface area contributed by atoms with Crippen LogP contribution in [-0.2, 0) is 5.92 Å². The van der Waals surface area contributed by atoms with E-state index in [4.69, 9.17) is 0 Å². The van der Waals surface area contributed by atoms with E-state index >= 15 is 0 Å². The number of rotatable bonds is 3. The van der Waals surface area contributed by atoms with Crippen LogP contribution in [0.2, 0.25) is 0 Å². The van der Waals surface area contributed by atoms with Crippen molar-refractivity contribution >= 4 is 11.8 Å². The highest BCUT2D eigenvalue weighted by Gasteiger charge is 2.23. The molecule has 0 N–H and O–H groups in total. The monoisotopic (exact) mass is 202 g/mol. The van der Waals surface area contributed by atoms with Crippen LogP contribution in [0.15, 0.2) is 29.2 Å². The maximum absolute atomic E-state index is 12.8. The van der Waals surface area contributed by atoms with E-state index in [1.807, 2.05) is 6.92 Å². The number of benzene rings is 1. The van der Waals surface area contributed by atoms with Crippen LogP contribution in [0.25, 0.3) is 0 Å². The lowest BCUT2D eigenvalue weighted by Crippen LogP contribution is -2.06. The van der Waals surface area contributed by atoms with Gasteiger partial charge in [0.1, 0.15) is 0 Å². The summed E-state index contributed by atoms with van der Waals surface area (Å²) < 4.78 is 25.5. The van der Waals surface area contributed by atoms with Gasteiger partial charge in [-0.25, -0.2) is 8.78 Å². The molecule has 0 aliphatic carbocycles. The molecule has 0 unspecified atom stereocenters. The summed E-state index contributed by atoms with van der Waals surface area (Å²) in [6.45, 7) is 2.95. The summed E-state index contributed by atoms with van der Waals surface area (Å²) >= 11 is 1.65. The van der Waals surface area contributed by atoms with Crippen LogP contribution in [0.3, 0.4) is 0 Å². The number of alkyl halides is 2. The SMILES string of the molecule is CCSc1ccc(C(C)(F)F)cc1. The molecule has 0 fully saturated rings. The molecule has 0 saturated carbocycles. The topological polar surface area (TPSA) is 0 Å². The summed E-state index contributed by atoms with van der Waals surface area (Å²) in [6.07, 6.45) is 0. The molecule has 0 heterocycles. The van der Waals surface area contributed by atoms with Crippen LogP contribution in [0.5, 0.6) is 0 Å². The van der Waals surface area contributed by atoms with Crippen LogP contribution >= 0.6 is 11.8 Å². The Bertz CT molecular complexity index is 261. The zero-order valence-corrected chi connectivity index (χ0v) is 8.50. The quantitative estimate of drug-likeness (QED) is 0.670. The maximum atomic E-state index is 12.8. The predicted octanol–water partition coefficient (Wildman–Crippen LogP) is 3.91. The van der Waals surface area contributed by atoms with Gasteiger partial charge >= 0.3 is 0 Å². The second kappa shape index (κ2) is 4.09. The molecule has 0 bridgehead atoms. The fourth-order valence-electron chi connectivity index (χ4n) is 1.01. The van der Waals surface area contributed by atoms with Crippen molar-refractivity contribution in [2.24, 2.45) is 0 Å². The summed E-state index contributed by atoms with van der Waals surface area (Å²) in [6, 6.07) is 6.44. The molecule has 0 aromatic heterocycles. The minimum atomic E-state index is -2.73. The van der Waals surface area contributed by atoms with Gasteiger partial charge in [0.05, 0.1) is 0 Å². The third-order valence-electron chi connectivity index (χ3n) is 1.67. The standard InChI is InChI=1S/C10H12F2S/c1-3-13-9-6-4-8(5-7-9)10(2,11)12/h4-7H,3H2,1-2H3. The molecule has 0 amide bonds. The van der Waals surface area contributed by atoms with E-state index in [0.717, 1.165) is 17.6 Å². The largest absolute Gasteiger partial charge is 0.270 e. The van der Waals surface area contributed by atoms with Crippen molar-refractivity contribution in [3.63, 3.8) is 0 Å². The molecule has 0 aliphatic heterocycles. The Morgan fingerprint density at radius 1 is 1.23 bits per heavy atom. The lowest BCUT2D eigenvalue weighted by Gasteiger charge is -2.10. The summed E-state index contributed by atoms with van der Waals surface area (Å²) in [5.74, 6) is -1.77. The van der Waals surface area contributed by atoms with Gasteiger partial charge < -0.3 is 0 Å². The van der Waals surface area contributed by atoms with Gasteiger partial charge in [0.25, 0.3) is 5.92 Å². The fraction of sp³-hybridized carbons (Fsp3) is 0.400. The highest BCUT2D eigenvalue weighted by atomic mass is 32.2. The predicted molar refractivity (Wildman–Crippen MR) is 52.4 cm³/mol. The van der Waals surface area contributed by atoms with E-state index in [9.17, 15) is 8.78 Å². The van der Waals surface area contributed by atoms with Crippen molar-refractivity contribution in [2.75, 3.05) is 5.75 Å². The normalized spacial score (nSPS) is 11.7. The molecule has 3 heteroatoms. The summed E-state index contributed by atoms with van der Waals surface area (Å²) in [7, 11) is 0. The van der Waals surface area contributed by atoms with Gasteiger partial charge in [0.2, 0.25) is 0 Å². The maximum Gasteiger partial charge on any atom is 0.270 e. The summed E-state index contributed by atoms with van der Waals surface area (Å²) in [5, 5.41) is 0. The Morgan fingerprint density at radius 2 is 1.77 bits per heavy atom. The molecule has 0 aliphatic rings. The van der Waals surface area contributed by atoms with Gasteiger partial charge in [0, 0.05) is 17.4 Å². The van der Waals surface area contributed by atoms with Crippen LogP contribution < -0.4 is 0 Å². The molecule has 1 rings (SSSR count). The van der Waals surface area contributed by atoms with E-state index in [1.165, 1.54) is 12.1 Å². The number of thioether (sulfide) groups is 1. The van der Waals surface area contributed by atoms with Crippen LogP contribution in [0.1, 0.15) is 19.4 Å². The highest BCUT2D eigenvalue weighted by molar-refractivity contribution is 7.99. The molecule has 0 nitrogen and oxygen atoms in total. The Hall–Kier alpha value is -0.570. The first-order chi connectivity index (χ1) is 6.04. The molecule has 0 saturated heterocycles. The summed E-state index contributed by atoms with van der Waals surface area (Å²) in [5.41, 5.74) is 0.0768. The second-order valence-electron chi connectivity index (χ2n) is 2.85. The first-order valence-electron chi connectivity index (χ1n) is 4.15. The third kappa shape index (κ3) is 2.99. The molecule has 0 atom stereocenters. The van der Waals surface area contributed by atoms with E-state index in [1.54, 1.807) is 23.9 Å². The Kier molecular flexibility index (Phi) is 3.31. The van der Waals surface area contributed by atoms with Crippen molar-refractivity contribution < 1.29 is 8.78 Å². The molecule has 1 aromatic carbocycles. The van der Waals surface area contributed by atoms with E-state index in [-0.39, 0.29) is 5.56 Å². The average Bonchev–Trinajstić information content (AvgIpc) is 2.04. The van der Waals surface area contributed by atoms with Gasteiger partial charge in [0.15, 0.2) is 0 Å². The van der Waals surface area contributed by atoms with Crippen LogP contribution in [-0.4, -0.2) is 5.75 Å². The number of hydrogen-bond donors (Lipinski definition) is 0. The van der Waals surface area contributed by atoms with Gasteiger partial charge in [-0.2, -0.15) is 0 Å². The molecule has 0 radical (unpaired) electrons. The molecular weight excluding hydrogens is 190 g/mol. The van der Waals surface area contributed by atoms with Gasteiger partial charge in [-0.05, 0) is 17.9 Å². The molecule has 1 aromatic rings. The number of hydrogen-bond acceptors (Lipinski definition) is 1. The molecular formula is C10H12F2S. The zero-order chi connectivity index (χ0) is 9.90. The van der Waals surface area contributed by atoms with Crippen molar-refractivity contribution in [3.8, 4) is 0 Å². The van der Waals surface area contributed by atoms with Gasteiger partial charge in [-0.1, -0.05) is 19.1 Å². The van der Waals surface area contributed by atoms with Crippen molar-refractivity contribution in [2.45, 2.75) is 24.7 Å². The molecule has 72 valence electrons. The van der Waals surface area contributed by atoms with Crippen molar-refractivity contribution in [1.29, 1.82) is 0 Å². The lowest BCUT2D eigenvalue weighted by atomic mass is 10.1. The smallest absolute Gasteiger partial charge is 0.202 e. The van der Waals surface area contributed by atoms with Gasteiger partial charge in [-0.15, -0.1) is 11.8 Å². The molecule has 0 spiro atoms. The van der Waals surface area contributed by atoms with Gasteiger partial charge in [-0.3, -0.25) is 0 Å². The van der Waals surface area contributed by atoms with E-state index in [2.05, 4.69) is 0 Å². The zero-order valence-electron chi connectivity index (χ0n) is 7.68. The van der Waals surface area contributed by atoms with Crippen LogP contribution in [0, 0.1) is 0 Å². The average molecular weight is 202 g/mol. The first-order valence-corrected chi connectivity index (χ1v) is 5.13. The van der Waals surface area contributed by atoms with Crippen molar-refractivity contribution in [1.82, 2.24) is 0 Å². The fourth-order valence-corrected chi connectivity index (χ4v) is 1.67. The van der Waals surface area contributed by atoms with E-state index in [0.29, 0.717) is 0 Å². The highest BCUT2D eigenvalue weighted by Crippen LogP contribution is 2.28. The number of halogens is 2. The summed E-state index contributed by atoms with van der Waals surface area (Å²) in [4.78, 5) is 1.04. The Balaban J connectivity index is 2.81. The minimum Gasteiger partial charge on any atom is -0.202 e. The van der Waals surface area contributed by atoms with Crippen LogP contribution in [0.4, 0.5) is 8.78 Å². The first kappa shape index (κ1) is 10.5. The second-order valence-corrected chi connectivity index (χ2v) is 4.18. The van der Waals surface area contributed by atoms with Crippen molar-refractivity contribution in [3.05, 3.63) is 29.8 Å². The van der Waals surface area contributed by atoms with E-state index < -0.39 is 5.92 Å². The minimum absolute atomic E-state index is 0.0768. The molecule has 13 heavy (non-hydrogen) atoms. The lowest BCUT2D eigenvalue weighted by molar-refractivity contribution is 0.0174. The Labute approximate surface area is 81.3 Å².